The van der Waals surface area contributed by atoms with E-state index in [0.717, 1.165) is 33.1 Å². The number of benzene rings is 2. The average molecular weight is 346 g/mol. The molecule has 1 amide bonds. The summed E-state index contributed by atoms with van der Waals surface area (Å²) in [5.41, 5.74) is 15.4. The van der Waals surface area contributed by atoms with Gasteiger partial charge >= 0.3 is 0 Å². The van der Waals surface area contributed by atoms with Gasteiger partial charge in [0.15, 0.2) is 0 Å². The van der Waals surface area contributed by atoms with Crippen molar-refractivity contribution in [2.75, 3.05) is 16.8 Å². The van der Waals surface area contributed by atoms with E-state index in [2.05, 4.69) is 19.9 Å². The zero-order chi connectivity index (χ0) is 18.3. The first-order valence-electron chi connectivity index (χ1n) is 8.18. The van der Waals surface area contributed by atoms with Crippen molar-refractivity contribution in [3.63, 3.8) is 0 Å². The number of carbonyl (C=O) groups is 1. The maximum atomic E-state index is 11.1. The molecule has 0 fully saturated rings. The molecule has 2 heterocycles. The highest BCUT2D eigenvalue weighted by atomic mass is 16.1. The zero-order valence-corrected chi connectivity index (χ0v) is 14.2. The Balaban J connectivity index is 1.71. The van der Waals surface area contributed by atoms with Crippen molar-refractivity contribution in [2.24, 2.45) is 0 Å². The van der Waals surface area contributed by atoms with Crippen LogP contribution in [0.25, 0.3) is 21.8 Å². The summed E-state index contributed by atoms with van der Waals surface area (Å²) in [6.45, 7) is 2.19. The smallest absolute Gasteiger partial charge is 0.222 e. The van der Waals surface area contributed by atoms with Crippen LogP contribution in [0.3, 0.4) is 0 Å². The Labute approximate surface area is 149 Å². The molecule has 0 atom stereocenters. The largest absolute Gasteiger partial charge is 0.383 e. The average Bonchev–Trinajstić information content (AvgIpc) is 2.98. The maximum absolute atomic E-state index is 11.1. The summed E-state index contributed by atoms with van der Waals surface area (Å²) in [7, 11) is 0. The van der Waals surface area contributed by atoms with Gasteiger partial charge in [0.25, 0.3) is 0 Å². The number of nitrogens with two attached hydrogens (primary N) is 2. The standard InChI is InChI=1S/C19H18N6O/c1-11(26)22-13-4-2-12(3-5-13)10-25-9-8-14-16(25)7-6-15-17(14)18(20)24-19(21)23-15/h2-9H,10H2,1H3,(H,22,26)(H4,20,21,23,24). The topological polar surface area (TPSA) is 112 Å². The van der Waals surface area contributed by atoms with Crippen LogP contribution in [0.2, 0.25) is 0 Å². The molecule has 5 N–H and O–H groups in total. The Bertz CT molecular complexity index is 1130. The van der Waals surface area contributed by atoms with E-state index in [1.54, 1.807) is 0 Å². The highest BCUT2D eigenvalue weighted by Crippen LogP contribution is 2.29. The van der Waals surface area contributed by atoms with Gasteiger partial charge in [-0.15, -0.1) is 0 Å². The number of hydrogen-bond donors (Lipinski definition) is 3. The minimum atomic E-state index is -0.0820. The number of nitrogens with one attached hydrogen (secondary N) is 1. The molecule has 4 rings (SSSR count). The van der Waals surface area contributed by atoms with Gasteiger partial charge in [0.2, 0.25) is 11.9 Å². The molecule has 0 unspecified atom stereocenters. The molecule has 0 aliphatic heterocycles. The van der Waals surface area contributed by atoms with E-state index in [0.29, 0.717) is 12.4 Å². The van der Waals surface area contributed by atoms with Crippen LogP contribution in [-0.2, 0) is 11.3 Å². The predicted octanol–water partition coefficient (Wildman–Crippen LogP) is 2.76. The van der Waals surface area contributed by atoms with Gasteiger partial charge in [0.1, 0.15) is 5.82 Å². The highest BCUT2D eigenvalue weighted by Gasteiger charge is 2.11. The number of hydrogen-bond acceptors (Lipinski definition) is 5. The second-order valence-electron chi connectivity index (χ2n) is 6.18. The van der Waals surface area contributed by atoms with E-state index in [4.69, 9.17) is 11.5 Å². The van der Waals surface area contributed by atoms with Crippen LogP contribution >= 0.6 is 0 Å². The Morgan fingerprint density at radius 3 is 2.58 bits per heavy atom. The molecule has 7 nitrogen and oxygen atoms in total. The van der Waals surface area contributed by atoms with E-state index in [1.165, 1.54) is 6.92 Å². The van der Waals surface area contributed by atoms with Gasteiger partial charge in [-0.05, 0) is 35.9 Å². The fourth-order valence-electron chi connectivity index (χ4n) is 3.18. The summed E-state index contributed by atoms with van der Waals surface area (Å²) < 4.78 is 2.14. The summed E-state index contributed by atoms with van der Waals surface area (Å²) in [6, 6.07) is 13.7. The number of fused-ring (bicyclic) bond motifs is 3. The van der Waals surface area contributed by atoms with Crippen LogP contribution in [0.1, 0.15) is 12.5 Å². The number of aromatic nitrogens is 3. The Kier molecular flexibility index (Phi) is 3.69. The molecule has 0 aliphatic carbocycles. The van der Waals surface area contributed by atoms with Gasteiger partial charge in [0, 0.05) is 36.3 Å². The molecule has 0 bridgehead atoms. The third-order valence-electron chi connectivity index (χ3n) is 4.28. The predicted molar refractivity (Wildman–Crippen MR) is 104 cm³/mol. The Morgan fingerprint density at radius 2 is 1.85 bits per heavy atom. The van der Waals surface area contributed by atoms with Gasteiger partial charge in [-0.3, -0.25) is 4.79 Å². The number of rotatable bonds is 3. The normalized spacial score (nSPS) is 11.1. The maximum Gasteiger partial charge on any atom is 0.222 e. The number of carbonyl (C=O) groups excluding carboxylic acids is 1. The molecule has 7 heteroatoms. The molecule has 0 aliphatic rings. The SMILES string of the molecule is CC(=O)Nc1ccc(Cn2ccc3c4c(N)nc(N)nc4ccc32)cc1. The Morgan fingerprint density at radius 1 is 1.08 bits per heavy atom. The first kappa shape index (κ1) is 15.9. The van der Waals surface area contributed by atoms with Gasteiger partial charge < -0.3 is 21.4 Å². The van der Waals surface area contributed by atoms with Crippen molar-refractivity contribution in [1.82, 2.24) is 14.5 Å². The lowest BCUT2D eigenvalue weighted by Crippen LogP contribution is -2.05. The summed E-state index contributed by atoms with van der Waals surface area (Å²) in [5.74, 6) is 0.477. The third-order valence-corrected chi connectivity index (χ3v) is 4.28. The molecule has 130 valence electrons. The molecule has 4 aromatic rings. The van der Waals surface area contributed by atoms with Gasteiger partial charge in [0.05, 0.1) is 10.9 Å². The van der Waals surface area contributed by atoms with E-state index in [1.807, 2.05) is 48.7 Å². The fourth-order valence-corrected chi connectivity index (χ4v) is 3.18. The van der Waals surface area contributed by atoms with Gasteiger partial charge in [-0.2, -0.15) is 4.98 Å². The number of amides is 1. The first-order chi connectivity index (χ1) is 12.5. The van der Waals surface area contributed by atoms with Gasteiger partial charge in [-0.1, -0.05) is 12.1 Å². The summed E-state index contributed by atoms with van der Waals surface area (Å²) in [4.78, 5) is 19.4. The third kappa shape index (κ3) is 2.79. The van der Waals surface area contributed by atoms with Crippen molar-refractivity contribution in [1.29, 1.82) is 0 Å². The molecule has 0 spiro atoms. The quantitative estimate of drug-likeness (QED) is 0.528. The number of nitrogen functional groups attached to an aromatic ring is 2. The molecular formula is C19H18N6O. The molecular weight excluding hydrogens is 328 g/mol. The molecule has 2 aromatic carbocycles. The van der Waals surface area contributed by atoms with E-state index >= 15 is 0 Å². The lowest BCUT2D eigenvalue weighted by molar-refractivity contribution is -0.114. The molecule has 0 radical (unpaired) electrons. The minimum Gasteiger partial charge on any atom is -0.383 e. The second-order valence-corrected chi connectivity index (χ2v) is 6.18. The van der Waals surface area contributed by atoms with Gasteiger partial charge in [-0.25, -0.2) is 4.98 Å². The van der Waals surface area contributed by atoms with E-state index < -0.39 is 0 Å². The van der Waals surface area contributed by atoms with Crippen LogP contribution in [0.5, 0.6) is 0 Å². The van der Waals surface area contributed by atoms with Crippen LogP contribution < -0.4 is 16.8 Å². The minimum absolute atomic E-state index is 0.0820. The van der Waals surface area contributed by atoms with Crippen molar-refractivity contribution in [2.45, 2.75) is 13.5 Å². The van der Waals surface area contributed by atoms with Crippen molar-refractivity contribution in [3.8, 4) is 0 Å². The van der Waals surface area contributed by atoms with E-state index in [-0.39, 0.29) is 11.9 Å². The molecule has 2 aromatic heterocycles. The summed E-state index contributed by atoms with van der Waals surface area (Å²) in [5, 5.41) is 4.58. The van der Waals surface area contributed by atoms with Crippen molar-refractivity contribution >= 4 is 45.2 Å². The molecule has 0 saturated carbocycles. The lowest BCUT2D eigenvalue weighted by Gasteiger charge is -2.09. The van der Waals surface area contributed by atoms with E-state index in [9.17, 15) is 4.79 Å². The van der Waals surface area contributed by atoms with Crippen LogP contribution in [-0.4, -0.2) is 20.4 Å². The molecule has 26 heavy (non-hydrogen) atoms. The summed E-state index contributed by atoms with van der Waals surface area (Å²) in [6.07, 6.45) is 2.02. The fraction of sp³-hybridized carbons (Fsp3) is 0.105. The van der Waals surface area contributed by atoms with Crippen LogP contribution in [0.4, 0.5) is 17.5 Å². The number of anilines is 3. The monoisotopic (exact) mass is 346 g/mol. The second kappa shape index (κ2) is 6.03. The van der Waals surface area contributed by atoms with Crippen LogP contribution in [0, 0.1) is 0 Å². The lowest BCUT2D eigenvalue weighted by atomic mass is 10.1. The van der Waals surface area contributed by atoms with Crippen LogP contribution in [0.15, 0.2) is 48.7 Å². The Hall–Kier alpha value is -3.61. The molecule has 0 saturated heterocycles. The zero-order valence-electron chi connectivity index (χ0n) is 14.2. The van der Waals surface area contributed by atoms with Crippen molar-refractivity contribution in [3.05, 3.63) is 54.2 Å². The van der Waals surface area contributed by atoms with Crippen molar-refractivity contribution < 1.29 is 4.79 Å². The highest BCUT2D eigenvalue weighted by molar-refractivity contribution is 6.10. The summed E-state index contributed by atoms with van der Waals surface area (Å²) >= 11 is 0. The first-order valence-corrected chi connectivity index (χ1v) is 8.18. The number of nitrogens with zero attached hydrogens (tertiary/aromatic N) is 3.